The van der Waals surface area contributed by atoms with Crippen LogP contribution in [0.15, 0.2) is 53.4 Å². The molecule has 4 nitrogen and oxygen atoms in total. The molecule has 2 aromatic carbocycles. The van der Waals surface area contributed by atoms with Crippen molar-refractivity contribution in [3.8, 4) is 0 Å². The van der Waals surface area contributed by atoms with E-state index in [4.69, 9.17) is 0 Å². The van der Waals surface area contributed by atoms with Gasteiger partial charge in [0.2, 0.25) is 5.91 Å². The molecule has 0 spiro atoms. The summed E-state index contributed by atoms with van der Waals surface area (Å²) in [4.78, 5) is 13.5. The summed E-state index contributed by atoms with van der Waals surface area (Å²) in [5.41, 5.74) is 7.83. The summed E-state index contributed by atoms with van der Waals surface area (Å²) in [6.07, 6.45) is 2.62. The Bertz CT molecular complexity index is 675. The number of amides is 1. The van der Waals surface area contributed by atoms with Gasteiger partial charge < -0.3 is 5.32 Å². The van der Waals surface area contributed by atoms with Crippen LogP contribution in [0, 0.1) is 5.82 Å². The molecule has 1 amide bonds. The van der Waals surface area contributed by atoms with E-state index in [1.807, 2.05) is 30.5 Å². The van der Waals surface area contributed by atoms with Gasteiger partial charge in [-0.25, -0.2) is 15.2 Å². The second-order valence-corrected chi connectivity index (χ2v) is 6.28. The molecule has 3 N–H and O–H groups in total. The van der Waals surface area contributed by atoms with Gasteiger partial charge >= 0.3 is 0 Å². The Hall–Kier alpha value is -1.89. The summed E-state index contributed by atoms with van der Waals surface area (Å²) in [6.45, 7) is 0. The molecule has 1 heterocycles. The molecule has 0 radical (unpaired) electrons. The normalized spacial score (nSPS) is 20.4. The van der Waals surface area contributed by atoms with E-state index >= 15 is 0 Å². The van der Waals surface area contributed by atoms with Gasteiger partial charge in [0.05, 0.1) is 0 Å². The second kappa shape index (κ2) is 7.12. The Morgan fingerprint density at radius 1 is 1.13 bits per heavy atom. The molecule has 6 heteroatoms. The molecule has 2 atom stereocenters. The van der Waals surface area contributed by atoms with Gasteiger partial charge in [-0.3, -0.25) is 4.79 Å². The summed E-state index contributed by atoms with van der Waals surface area (Å²) in [5.74, 6) is -0.346. The third kappa shape index (κ3) is 3.90. The molecular formula is C17H18FN3OS. The summed E-state index contributed by atoms with van der Waals surface area (Å²) >= 11 is 1.66. The maximum atomic E-state index is 13.0. The zero-order chi connectivity index (χ0) is 16.2. The van der Waals surface area contributed by atoms with E-state index in [0.29, 0.717) is 6.42 Å². The molecule has 1 aliphatic heterocycles. The van der Waals surface area contributed by atoms with Crippen LogP contribution in [0.1, 0.15) is 18.0 Å². The smallest absolute Gasteiger partial charge is 0.242 e. The molecule has 1 fully saturated rings. The van der Waals surface area contributed by atoms with Crippen LogP contribution >= 0.6 is 11.8 Å². The van der Waals surface area contributed by atoms with Crippen molar-refractivity contribution in [3.63, 3.8) is 0 Å². The number of hydrogen-bond donors (Lipinski definition) is 3. The van der Waals surface area contributed by atoms with Crippen LogP contribution in [0.5, 0.6) is 0 Å². The quantitative estimate of drug-likeness (QED) is 0.754. The van der Waals surface area contributed by atoms with Gasteiger partial charge in [0.1, 0.15) is 11.9 Å². The first kappa shape index (κ1) is 16.0. The molecule has 1 aliphatic rings. The summed E-state index contributed by atoms with van der Waals surface area (Å²) in [5, 5.41) is 2.91. The Balaban J connectivity index is 1.59. The maximum absolute atomic E-state index is 13.0. The molecule has 3 rings (SSSR count). The Morgan fingerprint density at radius 3 is 2.48 bits per heavy atom. The van der Waals surface area contributed by atoms with Crippen LogP contribution in [-0.4, -0.2) is 18.2 Å². The van der Waals surface area contributed by atoms with E-state index in [1.165, 1.54) is 12.1 Å². The largest absolute Gasteiger partial charge is 0.325 e. The van der Waals surface area contributed by atoms with E-state index in [0.717, 1.165) is 16.1 Å². The number of rotatable bonds is 4. The van der Waals surface area contributed by atoms with Crippen molar-refractivity contribution in [3.05, 3.63) is 59.9 Å². The van der Waals surface area contributed by atoms with E-state index < -0.39 is 0 Å². The Labute approximate surface area is 138 Å². The highest BCUT2D eigenvalue weighted by Crippen LogP contribution is 2.23. The number of benzene rings is 2. The van der Waals surface area contributed by atoms with Crippen LogP contribution < -0.4 is 16.2 Å². The topological polar surface area (TPSA) is 53.2 Å². The lowest BCUT2D eigenvalue weighted by atomic mass is 10.0. The number of anilines is 1. The monoisotopic (exact) mass is 331 g/mol. The Morgan fingerprint density at radius 2 is 1.83 bits per heavy atom. The minimum Gasteiger partial charge on any atom is -0.325 e. The maximum Gasteiger partial charge on any atom is 0.242 e. The van der Waals surface area contributed by atoms with E-state index in [2.05, 4.69) is 16.2 Å². The molecule has 23 heavy (non-hydrogen) atoms. The highest BCUT2D eigenvalue weighted by Gasteiger charge is 2.30. The van der Waals surface area contributed by atoms with Crippen LogP contribution in [0.4, 0.5) is 10.1 Å². The Kier molecular flexibility index (Phi) is 4.95. The lowest BCUT2D eigenvalue weighted by Crippen LogP contribution is -2.39. The molecule has 1 saturated heterocycles. The number of halogens is 1. The van der Waals surface area contributed by atoms with Crippen molar-refractivity contribution in [1.82, 2.24) is 10.9 Å². The lowest BCUT2D eigenvalue weighted by molar-refractivity contribution is -0.117. The van der Waals surface area contributed by atoms with Crippen LogP contribution in [-0.2, 0) is 4.79 Å². The first-order valence-corrected chi connectivity index (χ1v) is 8.59. The fourth-order valence-corrected chi connectivity index (χ4v) is 2.95. The first-order chi connectivity index (χ1) is 11.2. The predicted molar refractivity (Wildman–Crippen MR) is 90.7 cm³/mol. The zero-order valence-electron chi connectivity index (χ0n) is 12.7. The average molecular weight is 331 g/mol. The van der Waals surface area contributed by atoms with Gasteiger partial charge in [-0.2, -0.15) is 0 Å². The highest BCUT2D eigenvalue weighted by atomic mass is 32.2. The lowest BCUT2D eigenvalue weighted by Gasteiger charge is -2.11. The number of thioether (sulfide) groups is 1. The van der Waals surface area contributed by atoms with Crippen molar-refractivity contribution in [2.75, 3.05) is 11.6 Å². The number of nitrogens with one attached hydrogen (secondary N) is 3. The van der Waals surface area contributed by atoms with E-state index in [-0.39, 0.29) is 23.8 Å². The van der Waals surface area contributed by atoms with Gasteiger partial charge in [0.15, 0.2) is 0 Å². The zero-order valence-corrected chi connectivity index (χ0v) is 13.5. The molecule has 0 saturated carbocycles. The summed E-state index contributed by atoms with van der Waals surface area (Å²) in [7, 11) is 0. The minimum atomic E-state index is -0.328. The van der Waals surface area contributed by atoms with Gasteiger partial charge in [-0.15, -0.1) is 11.8 Å². The second-order valence-electron chi connectivity index (χ2n) is 5.40. The SMILES string of the molecule is CSc1ccc(NC(=O)C2CC(c3ccc(F)cc3)NN2)cc1. The molecule has 2 unspecified atom stereocenters. The number of carbonyl (C=O) groups excluding carboxylic acids is 1. The molecular weight excluding hydrogens is 313 g/mol. The summed E-state index contributed by atoms with van der Waals surface area (Å²) in [6, 6.07) is 13.7. The fourth-order valence-electron chi connectivity index (χ4n) is 2.55. The van der Waals surface area contributed by atoms with Gasteiger partial charge in [0.25, 0.3) is 0 Å². The number of carbonyl (C=O) groups is 1. The van der Waals surface area contributed by atoms with Gasteiger partial charge in [-0.05, 0) is 54.6 Å². The van der Waals surface area contributed by atoms with Crippen molar-refractivity contribution in [1.29, 1.82) is 0 Å². The molecule has 2 aromatic rings. The standard InChI is InChI=1S/C17H18FN3OS/c1-23-14-8-6-13(7-9-14)19-17(22)16-10-15(20-21-16)11-2-4-12(18)5-3-11/h2-9,15-16,20-21H,10H2,1H3,(H,19,22). The van der Waals surface area contributed by atoms with Crippen molar-refractivity contribution in [2.45, 2.75) is 23.4 Å². The molecule has 0 aromatic heterocycles. The van der Waals surface area contributed by atoms with Crippen molar-refractivity contribution in [2.24, 2.45) is 0 Å². The number of hydrazine groups is 1. The average Bonchev–Trinajstić information content (AvgIpc) is 3.06. The van der Waals surface area contributed by atoms with Gasteiger partial charge in [0, 0.05) is 16.6 Å². The third-order valence-electron chi connectivity index (χ3n) is 3.85. The molecule has 0 bridgehead atoms. The predicted octanol–water partition coefficient (Wildman–Crippen LogP) is 3.09. The summed E-state index contributed by atoms with van der Waals surface area (Å²) < 4.78 is 13.0. The highest BCUT2D eigenvalue weighted by molar-refractivity contribution is 7.98. The first-order valence-electron chi connectivity index (χ1n) is 7.37. The third-order valence-corrected chi connectivity index (χ3v) is 4.59. The fraction of sp³-hybridized carbons (Fsp3) is 0.235. The van der Waals surface area contributed by atoms with Crippen LogP contribution in [0.3, 0.4) is 0 Å². The van der Waals surface area contributed by atoms with Gasteiger partial charge in [-0.1, -0.05) is 12.1 Å². The van der Waals surface area contributed by atoms with Crippen molar-refractivity contribution >= 4 is 23.4 Å². The van der Waals surface area contributed by atoms with Crippen LogP contribution in [0.2, 0.25) is 0 Å². The van der Waals surface area contributed by atoms with E-state index in [1.54, 1.807) is 23.9 Å². The van der Waals surface area contributed by atoms with Crippen LogP contribution in [0.25, 0.3) is 0 Å². The van der Waals surface area contributed by atoms with E-state index in [9.17, 15) is 9.18 Å². The molecule has 120 valence electrons. The minimum absolute atomic E-state index is 0.00906. The van der Waals surface area contributed by atoms with Crippen molar-refractivity contribution < 1.29 is 9.18 Å². The number of hydrogen-bond acceptors (Lipinski definition) is 4. The molecule has 0 aliphatic carbocycles.